The number of rotatable bonds is 3. The summed E-state index contributed by atoms with van der Waals surface area (Å²) >= 11 is 9.10. The Morgan fingerprint density at radius 3 is 2.59 bits per heavy atom. The van der Waals surface area contributed by atoms with Gasteiger partial charge in [-0.05, 0) is 34.1 Å². The van der Waals surface area contributed by atoms with E-state index in [-0.39, 0.29) is 11.6 Å². The molecule has 0 unspecified atom stereocenters. The number of hydrogen-bond acceptors (Lipinski definition) is 1. The second kappa shape index (κ2) is 5.52. The number of hydrogen-bond donors (Lipinski definition) is 0. The van der Waals surface area contributed by atoms with Crippen LogP contribution in [0.1, 0.15) is 5.56 Å². The van der Waals surface area contributed by atoms with Crippen molar-refractivity contribution in [2.24, 2.45) is 0 Å². The van der Waals surface area contributed by atoms with Crippen molar-refractivity contribution in [3.05, 3.63) is 58.3 Å². The van der Waals surface area contributed by atoms with E-state index < -0.39 is 5.82 Å². The Labute approximate surface area is 112 Å². The molecule has 0 spiro atoms. The third-order valence-corrected chi connectivity index (χ3v) is 3.18. The molecule has 88 valence electrons. The van der Waals surface area contributed by atoms with E-state index in [9.17, 15) is 4.39 Å². The standard InChI is InChI=1S/C13H9BrClFO/c14-10-5-1-2-7-12(10)17-13-9(8-15)4-3-6-11(13)16/h1-7H,8H2. The van der Waals surface area contributed by atoms with Crippen molar-refractivity contribution in [3.8, 4) is 11.5 Å². The maximum absolute atomic E-state index is 13.7. The van der Waals surface area contributed by atoms with Crippen molar-refractivity contribution < 1.29 is 9.13 Å². The van der Waals surface area contributed by atoms with Crippen LogP contribution < -0.4 is 4.74 Å². The van der Waals surface area contributed by atoms with Crippen molar-refractivity contribution in [3.63, 3.8) is 0 Å². The summed E-state index contributed by atoms with van der Waals surface area (Å²) in [6, 6.07) is 12.0. The molecule has 0 aliphatic heterocycles. The van der Waals surface area contributed by atoms with Crippen LogP contribution in [0.3, 0.4) is 0 Å². The van der Waals surface area contributed by atoms with E-state index in [2.05, 4.69) is 15.9 Å². The highest BCUT2D eigenvalue weighted by Crippen LogP contribution is 2.33. The summed E-state index contributed by atoms with van der Waals surface area (Å²) in [5.74, 6) is 0.523. The molecule has 0 heterocycles. The van der Waals surface area contributed by atoms with E-state index in [4.69, 9.17) is 16.3 Å². The zero-order chi connectivity index (χ0) is 12.3. The molecule has 2 aromatic carbocycles. The molecule has 1 nitrogen and oxygen atoms in total. The molecule has 0 aliphatic carbocycles. The number of halogens is 3. The Morgan fingerprint density at radius 1 is 1.12 bits per heavy atom. The Hall–Kier alpha value is -1.06. The second-order valence-electron chi connectivity index (χ2n) is 3.39. The second-order valence-corrected chi connectivity index (χ2v) is 4.52. The van der Waals surface area contributed by atoms with Gasteiger partial charge in [0, 0.05) is 5.56 Å². The van der Waals surface area contributed by atoms with Crippen molar-refractivity contribution in [1.82, 2.24) is 0 Å². The van der Waals surface area contributed by atoms with Crippen LogP contribution in [-0.2, 0) is 5.88 Å². The predicted octanol–water partition coefficient (Wildman–Crippen LogP) is 5.12. The van der Waals surface area contributed by atoms with E-state index >= 15 is 0 Å². The molecule has 4 heteroatoms. The summed E-state index contributed by atoms with van der Waals surface area (Å²) in [6.07, 6.45) is 0. The van der Waals surface area contributed by atoms with E-state index in [0.717, 1.165) is 4.47 Å². The largest absolute Gasteiger partial charge is 0.453 e. The van der Waals surface area contributed by atoms with Crippen LogP contribution in [0.5, 0.6) is 11.5 Å². The van der Waals surface area contributed by atoms with Crippen LogP contribution >= 0.6 is 27.5 Å². The van der Waals surface area contributed by atoms with Gasteiger partial charge >= 0.3 is 0 Å². The molecule has 0 aliphatic rings. The Balaban J connectivity index is 2.39. The third-order valence-electron chi connectivity index (χ3n) is 2.24. The van der Waals surface area contributed by atoms with Gasteiger partial charge in [-0.25, -0.2) is 4.39 Å². The van der Waals surface area contributed by atoms with Crippen molar-refractivity contribution in [1.29, 1.82) is 0 Å². The maximum Gasteiger partial charge on any atom is 0.167 e. The van der Waals surface area contributed by atoms with Crippen LogP contribution in [0.4, 0.5) is 4.39 Å². The molecule has 0 atom stereocenters. The first-order chi connectivity index (χ1) is 8.22. The molecule has 0 aromatic heterocycles. The van der Waals surface area contributed by atoms with E-state index in [1.807, 2.05) is 18.2 Å². The lowest BCUT2D eigenvalue weighted by Crippen LogP contribution is -1.93. The van der Waals surface area contributed by atoms with Gasteiger partial charge in [0.15, 0.2) is 11.6 Å². The average Bonchev–Trinajstić information content (AvgIpc) is 2.34. The smallest absolute Gasteiger partial charge is 0.167 e. The summed E-state index contributed by atoms with van der Waals surface area (Å²) in [5.41, 5.74) is 0.627. The molecule has 0 amide bonds. The molecule has 0 fully saturated rings. The lowest BCUT2D eigenvalue weighted by Gasteiger charge is -2.11. The van der Waals surface area contributed by atoms with Crippen molar-refractivity contribution >= 4 is 27.5 Å². The maximum atomic E-state index is 13.7. The highest BCUT2D eigenvalue weighted by Gasteiger charge is 2.11. The third kappa shape index (κ3) is 2.79. The van der Waals surface area contributed by atoms with Gasteiger partial charge in [0.05, 0.1) is 10.4 Å². The minimum atomic E-state index is -0.418. The average molecular weight is 316 g/mol. The fourth-order valence-electron chi connectivity index (χ4n) is 1.41. The van der Waals surface area contributed by atoms with Crippen LogP contribution in [-0.4, -0.2) is 0 Å². The van der Waals surface area contributed by atoms with Gasteiger partial charge in [-0.15, -0.1) is 11.6 Å². The quantitative estimate of drug-likeness (QED) is 0.714. The molecule has 0 saturated heterocycles. The van der Waals surface area contributed by atoms with Gasteiger partial charge in [-0.2, -0.15) is 0 Å². The highest BCUT2D eigenvalue weighted by atomic mass is 79.9. The first-order valence-corrected chi connectivity index (χ1v) is 6.31. The topological polar surface area (TPSA) is 9.23 Å². The van der Waals surface area contributed by atoms with Crippen LogP contribution in [0.25, 0.3) is 0 Å². The van der Waals surface area contributed by atoms with E-state index in [0.29, 0.717) is 11.3 Å². The summed E-state index contributed by atoms with van der Waals surface area (Å²) in [4.78, 5) is 0. The van der Waals surface area contributed by atoms with Gasteiger partial charge in [0.2, 0.25) is 0 Å². The first kappa shape index (κ1) is 12.4. The van der Waals surface area contributed by atoms with E-state index in [1.54, 1.807) is 18.2 Å². The molecule has 0 radical (unpaired) electrons. The number of ether oxygens (including phenoxy) is 1. The summed E-state index contributed by atoms with van der Waals surface area (Å²) in [5, 5.41) is 0. The van der Waals surface area contributed by atoms with Crippen LogP contribution in [0.15, 0.2) is 46.9 Å². The van der Waals surface area contributed by atoms with Gasteiger partial charge in [0.25, 0.3) is 0 Å². The van der Waals surface area contributed by atoms with Crippen LogP contribution in [0.2, 0.25) is 0 Å². The summed E-state index contributed by atoms with van der Waals surface area (Å²) in [6.45, 7) is 0. The Kier molecular flexibility index (Phi) is 4.02. The molecular formula is C13H9BrClFO. The lowest BCUT2D eigenvalue weighted by molar-refractivity contribution is 0.436. The van der Waals surface area contributed by atoms with Gasteiger partial charge < -0.3 is 4.74 Å². The Bertz CT molecular complexity index is 531. The van der Waals surface area contributed by atoms with Crippen LogP contribution in [0, 0.1) is 5.82 Å². The predicted molar refractivity (Wildman–Crippen MR) is 70.2 cm³/mol. The minimum absolute atomic E-state index is 0.175. The zero-order valence-electron chi connectivity index (χ0n) is 8.79. The summed E-state index contributed by atoms with van der Waals surface area (Å²) < 4.78 is 20.0. The molecular weight excluding hydrogens is 306 g/mol. The van der Waals surface area contributed by atoms with Gasteiger partial charge in [0.1, 0.15) is 5.75 Å². The van der Waals surface area contributed by atoms with Crippen molar-refractivity contribution in [2.45, 2.75) is 5.88 Å². The molecule has 2 aromatic rings. The number of para-hydroxylation sites is 2. The normalized spacial score (nSPS) is 10.3. The molecule has 0 saturated carbocycles. The SMILES string of the molecule is Fc1cccc(CCl)c1Oc1ccccc1Br. The zero-order valence-corrected chi connectivity index (χ0v) is 11.1. The number of benzene rings is 2. The van der Waals surface area contributed by atoms with Gasteiger partial charge in [-0.3, -0.25) is 0 Å². The van der Waals surface area contributed by atoms with Crippen molar-refractivity contribution in [2.75, 3.05) is 0 Å². The Morgan fingerprint density at radius 2 is 1.88 bits per heavy atom. The minimum Gasteiger partial charge on any atom is -0.453 e. The molecule has 2 rings (SSSR count). The molecule has 0 bridgehead atoms. The fraction of sp³-hybridized carbons (Fsp3) is 0.0769. The fourth-order valence-corrected chi connectivity index (χ4v) is 1.99. The number of alkyl halides is 1. The van der Waals surface area contributed by atoms with E-state index in [1.165, 1.54) is 6.07 Å². The molecule has 17 heavy (non-hydrogen) atoms. The lowest BCUT2D eigenvalue weighted by atomic mass is 10.2. The van der Waals surface area contributed by atoms with Gasteiger partial charge in [-0.1, -0.05) is 24.3 Å². The summed E-state index contributed by atoms with van der Waals surface area (Å²) in [7, 11) is 0. The molecule has 0 N–H and O–H groups in total. The first-order valence-electron chi connectivity index (χ1n) is 4.98. The monoisotopic (exact) mass is 314 g/mol. The highest BCUT2D eigenvalue weighted by molar-refractivity contribution is 9.10.